The number of aromatic nitrogens is 2. The van der Waals surface area contributed by atoms with Gasteiger partial charge in [-0.25, -0.2) is 0 Å². The monoisotopic (exact) mass is 450 g/mol. The van der Waals surface area contributed by atoms with Crippen LogP contribution in [-0.4, -0.2) is 52.3 Å². The van der Waals surface area contributed by atoms with E-state index in [0.717, 1.165) is 30.5 Å². The van der Waals surface area contributed by atoms with Crippen molar-refractivity contribution >= 4 is 23.6 Å². The third-order valence-corrected chi connectivity index (χ3v) is 6.31. The molecule has 3 aromatic rings. The Morgan fingerprint density at radius 3 is 2.56 bits per heavy atom. The van der Waals surface area contributed by atoms with Crippen molar-refractivity contribution < 1.29 is 14.0 Å². The Morgan fingerprint density at radius 2 is 1.84 bits per heavy atom. The zero-order valence-corrected chi connectivity index (χ0v) is 18.8. The quantitative estimate of drug-likeness (QED) is 0.551. The van der Waals surface area contributed by atoms with Crippen molar-refractivity contribution in [1.29, 1.82) is 0 Å². The first-order valence-corrected chi connectivity index (χ1v) is 11.7. The first-order chi connectivity index (χ1) is 15.6. The van der Waals surface area contributed by atoms with Gasteiger partial charge in [-0.2, -0.15) is 0 Å². The van der Waals surface area contributed by atoms with Gasteiger partial charge in [-0.05, 0) is 42.0 Å². The van der Waals surface area contributed by atoms with Gasteiger partial charge in [0.2, 0.25) is 11.8 Å². The van der Waals surface area contributed by atoms with Crippen LogP contribution in [0.3, 0.4) is 0 Å². The molecule has 0 spiro atoms. The molecule has 0 radical (unpaired) electrons. The predicted molar refractivity (Wildman–Crippen MR) is 123 cm³/mol. The second kappa shape index (κ2) is 10.5. The van der Waals surface area contributed by atoms with Crippen LogP contribution in [0, 0.1) is 12.8 Å². The van der Waals surface area contributed by atoms with E-state index in [4.69, 9.17) is 4.42 Å². The number of benzene rings is 2. The lowest BCUT2D eigenvalue weighted by Crippen LogP contribution is -2.44. The summed E-state index contributed by atoms with van der Waals surface area (Å²) in [6.07, 6.45) is 1.93. The van der Waals surface area contributed by atoms with Crippen molar-refractivity contribution in [2.75, 3.05) is 25.4 Å². The number of carbonyl (C=O) groups is 2. The number of hydrogen-bond acceptors (Lipinski definition) is 6. The molecular formula is C24H26N4O3S. The smallest absolute Gasteiger partial charge is 0.277 e. The molecule has 166 valence electrons. The Balaban J connectivity index is 1.25. The maximum atomic E-state index is 12.6. The summed E-state index contributed by atoms with van der Waals surface area (Å²) in [5, 5.41) is 11.1. The molecule has 8 heteroatoms. The summed E-state index contributed by atoms with van der Waals surface area (Å²) in [5.41, 5.74) is 2.84. The lowest BCUT2D eigenvalue weighted by molar-refractivity contribution is -0.130. The summed E-state index contributed by atoms with van der Waals surface area (Å²) in [6, 6.07) is 17.7. The van der Waals surface area contributed by atoms with Gasteiger partial charge in [-0.3, -0.25) is 9.59 Å². The van der Waals surface area contributed by atoms with Crippen LogP contribution in [0.2, 0.25) is 0 Å². The van der Waals surface area contributed by atoms with Crippen LogP contribution in [0.5, 0.6) is 0 Å². The molecule has 4 rings (SSSR count). The first-order valence-electron chi connectivity index (χ1n) is 10.7. The van der Waals surface area contributed by atoms with Crippen molar-refractivity contribution in [2.45, 2.75) is 25.0 Å². The highest BCUT2D eigenvalue weighted by Crippen LogP contribution is 2.21. The summed E-state index contributed by atoms with van der Waals surface area (Å²) in [6.45, 7) is 3.67. The number of aryl methyl sites for hydroxylation is 1. The van der Waals surface area contributed by atoms with Gasteiger partial charge in [0, 0.05) is 32.1 Å². The molecule has 1 atom stereocenters. The van der Waals surface area contributed by atoms with Gasteiger partial charge in [0.15, 0.2) is 0 Å². The minimum absolute atomic E-state index is 0.0541. The summed E-state index contributed by atoms with van der Waals surface area (Å²) in [5.74, 6) is 0.974. The third kappa shape index (κ3) is 5.76. The zero-order valence-electron chi connectivity index (χ0n) is 18.0. The molecule has 0 aliphatic carbocycles. The lowest BCUT2D eigenvalue weighted by atomic mass is 9.97. The number of thioether (sulfide) groups is 1. The number of piperidine rings is 1. The summed E-state index contributed by atoms with van der Waals surface area (Å²) in [7, 11) is 0. The first kappa shape index (κ1) is 22.1. The normalized spacial score (nSPS) is 16.0. The van der Waals surface area contributed by atoms with Gasteiger partial charge in [-0.15, -0.1) is 10.2 Å². The molecule has 0 bridgehead atoms. The molecule has 32 heavy (non-hydrogen) atoms. The zero-order chi connectivity index (χ0) is 22.3. The molecular weight excluding hydrogens is 424 g/mol. The fraction of sp³-hybridized carbons (Fsp3) is 0.333. The molecule has 2 amide bonds. The molecule has 1 aliphatic rings. The van der Waals surface area contributed by atoms with Gasteiger partial charge < -0.3 is 14.6 Å². The molecule has 7 nitrogen and oxygen atoms in total. The Labute approximate surface area is 191 Å². The largest absolute Gasteiger partial charge is 0.416 e. The van der Waals surface area contributed by atoms with Crippen molar-refractivity contribution in [3.63, 3.8) is 0 Å². The Kier molecular flexibility index (Phi) is 7.21. The maximum absolute atomic E-state index is 12.6. The highest BCUT2D eigenvalue weighted by Gasteiger charge is 2.24. The minimum atomic E-state index is -0.0876. The van der Waals surface area contributed by atoms with Gasteiger partial charge >= 0.3 is 0 Å². The van der Waals surface area contributed by atoms with E-state index in [-0.39, 0.29) is 23.5 Å². The standard InChI is InChI=1S/C24H26N4O3S/c1-17-26-27-24(31-17)32-16-22(29)28-13-5-6-18(15-28)14-25-23(30)21-11-9-20(10-12-21)19-7-3-2-4-8-19/h2-4,7-12,18H,5-6,13-16H2,1H3,(H,25,30). The van der Waals surface area contributed by atoms with Crippen LogP contribution in [0.4, 0.5) is 0 Å². The number of nitrogens with one attached hydrogen (secondary N) is 1. The van der Waals surface area contributed by atoms with Crippen LogP contribution in [0.1, 0.15) is 29.1 Å². The molecule has 2 heterocycles. The predicted octanol–water partition coefficient (Wildman–Crippen LogP) is 3.81. The minimum Gasteiger partial charge on any atom is -0.416 e. The topological polar surface area (TPSA) is 88.3 Å². The Morgan fingerprint density at radius 1 is 1.09 bits per heavy atom. The van der Waals surface area contributed by atoms with Crippen LogP contribution in [0.25, 0.3) is 11.1 Å². The van der Waals surface area contributed by atoms with E-state index in [1.165, 1.54) is 11.8 Å². The van der Waals surface area contributed by atoms with Crippen molar-refractivity contribution in [3.8, 4) is 11.1 Å². The second-order valence-electron chi connectivity index (χ2n) is 7.88. The Hall–Kier alpha value is -3.13. The van der Waals surface area contributed by atoms with Crippen molar-refractivity contribution in [1.82, 2.24) is 20.4 Å². The fourth-order valence-corrected chi connectivity index (χ4v) is 4.50. The number of carbonyl (C=O) groups excluding carboxylic acids is 2. The van der Waals surface area contributed by atoms with E-state index >= 15 is 0 Å². The summed E-state index contributed by atoms with van der Waals surface area (Å²) < 4.78 is 5.30. The highest BCUT2D eigenvalue weighted by molar-refractivity contribution is 7.99. The molecule has 0 saturated carbocycles. The van der Waals surface area contributed by atoms with Crippen molar-refractivity contribution in [3.05, 3.63) is 66.1 Å². The van der Waals surface area contributed by atoms with E-state index in [9.17, 15) is 9.59 Å². The molecule has 2 aromatic carbocycles. The summed E-state index contributed by atoms with van der Waals surface area (Å²) >= 11 is 1.26. The van der Waals surface area contributed by atoms with Crippen molar-refractivity contribution in [2.24, 2.45) is 5.92 Å². The van der Waals surface area contributed by atoms with Gasteiger partial charge in [-0.1, -0.05) is 54.2 Å². The molecule has 1 N–H and O–H groups in total. The SMILES string of the molecule is Cc1nnc(SCC(=O)N2CCCC(CNC(=O)c3ccc(-c4ccccc4)cc3)C2)o1. The number of rotatable bonds is 7. The number of hydrogen-bond donors (Lipinski definition) is 1. The molecule has 1 unspecified atom stereocenters. The van der Waals surface area contributed by atoms with E-state index in [1.54, 1.807) is 6.92 Å². The van der Waals surface area contributed by atoms with E-state index in [2.05, 4.69) is 15.5 Å². The van der Waals surface area contributed by atoms with Crippen LogP contribution >= 0.6 is 11.8 Å². The number of nitrogens with zero attached hydrogens (tertiary/aromatic N) is 3. The van der Waals surface area contributed by atoms with Crippen LogP contribution in [0.15, 0.2) is 64.2 Å². The van der Waals surface area contributed by atoms with E-state index in [0.29, 0.717) is 29.8 Å². The lowest BCUT2D eigenvalue weighted by Gasteiger charge is -2.32. The number of amides is 2. The number of likely N-dealkylation sites (tertiary alicyclic amines) is 1. The van der Waals surface area contributed by atoms with Crippen LogP contribution < -0.4 is 5.32 Å². The molecule has 1 saturated heterocycles. The molecule has 1 aliphatic heterocycles. The van der Waals surface area contributed by atoms with E-state index in [1.807, 2.05) is 59.5 Å². The maximum Gasteiger partial charge on any atom is 0.277 e. The van der Waals surface area contributed by atoms with Gasteiger partial charge in [0.05, 0.1) is 5.75 Å². The second-order valence-corrected chi connectivity index (χ2v) is 8.80. The summed E-state index contributed by atoms with van der Waals surface area (Å²) in [4.78, 5) is 27.0. The van der Waals surface area contributed by atoms with Gasteiger partial charge in [0.1, 0.15) is 0 Å². The highest BCUT2D eigenvalue weighted by atomic mass is 32.2. The Bertz CT molecular complexity index is 1050. The molecule has 1 aromatic heterocycles. The average Bonchev–Trinajstić information content (AvgIpc) is 3.27. The average molecular weight is 451 g/mol. The van der Waals surface area contributed by atoms with Gasteiger partial charge in [0.25, 0.3) is 11.1 Å². The van der Waals surface area contributed by atoms with E-state index < -0.39 is 0 Å². The third-order valence-electron chi connectivity index (χ3n) is 5.50. The molecule has 1 fully saturated rings. The van der Waals surface area contributed by atoms with Crippen LogP contribution in [-0.2, 0) is 4.79 Å². The fourth-order valence-electron chi connectivity index (χ4n) is 3.79.